The summed E-state index contributed by atoms with van der Waals surface area (Å²) >= 11 is 0.758. The van der Waals surface area contributed by atoms with Crippen LogP contribution in [0.3, 0.4) is 0 Å². The fourth-order valence-electron chi connectivity index (χ4n) is 2.41. The number of carbonyl (C=O) groups is 3. The second-order valence-corrected chi connectivity index (χ2v) is 7.30. The molecule has 9 heteroatoms. The maximum Gasteiger partial charge on any atom is 0.326 e. The van der Waals surface area contributed by atoms with Gasteiger partial charge in [0.25, 0.3) is 11.1 Å². The molecule has 2 rings (SSSR count). The number of hydrogen-bond acceptors (Lipinski definition) is 8. The molecule has 0 unspecified atom stereocenters. The number of methoxy groups -OCH3 is 3. The van der Waals surface area contributed by atoms with E-state index in [0.29, 0.717) is 22.8 Å². The summed E-state index contributed by atoms with van der Waals surface area (Å²) in [5.74, 6) is 0.256. The van der Waals surface area contributed by atoms with Gasteiger partial charge in [-0.05, 0) is 41.5 Å². The molecule has 1 aromatic carbocycles. The van der Waals surface area contributed by atoms with Crippen molar-refractivity contribution in [2.75, 3.05) is 34.5 Å². The fraction of sp³-hybridized carbons (Fsp3) is 0.421. The van der Waals surface area contributed by atoms with Crippen LogP contribution in [0.15, 0.2) is 17.0 Å². The lowest BCUT2D eigenvalue weighted by molar-refractivity contribution is -0.147. The molecule has 1 aliphatic rings. The SMILES string of the molecule is COc1cc(/C=C2/SC(=O)N(CC(=O)OCC(C)C)C2=O)cc(OC)c1OC. The van der Waals surface area contributed by atoms with Gasteiger partial charge in [-0.15, -0.1) is 0 Å². The molecule has 28 heavy (non-hydrogen) atoms. The summed E-state index contributed by atoms with van der Waals surface area (Å²) < 4.78 is 20.9. The number of nitrogens with zero attached hydrogens (tertiary/aromatic N) is 1. The summed E-state index contributed by atoms with van der Waals surface area (Å²) in [7, 11) is 4.46. The van der Waals surface area contributed by atoms with Gasteiger partial charge < -0.3 is 18.9 Å². The van der Waals surface area contributed by atoms with Crippen LogP contribution in [-0.2, 0) is 14.3 Å². The number of carbonyl (C=O) groups excluding carboxylic acids is 3. The first-order chi connectivity index (χ1) is 13.3. The second kappa shape index (κ2) is 9.50. The van der Waals surface area contributed by atoms with Gasteiger partial charge in [-0.2, -0.15) is 0 Å². The van der Waals surface area contributed by atoms with Crippen LogP contribution < -0.4 is 14.2 Å². The van der Waals surface area contributed by atoms with Crippen LogP contribution in [0.25, 0.3) is 6.08 Å². The molecule has 1 heterocycles. The molecule has 8 nitrogen and oxygen atoms in total. The van der Waals surface area contributed by atoms with Crippen LogP contribution in [0.4, 0.5) is 4.79 Å². The Balaban J connectivity index is 2.22. The normalized spacial score (nSPS) is 15.4. The standard InChI is InChI=1S/C19H23NO7S/c1-11(2)10-27-16(21)9-20-18(22)15(28-19(20)23)8-12-6-13(24-3)17(26-5)14(7-12)25-4/h6-8,11H,9-10H2,1-5H3/b15-8+. The third-order valence-electron chi connectivity index (χ3n) is 3.72. The first-order valence-electron chi connectivity index (χ1n) is 8.51. The van der Waals surface area contributed by atoms with E-state index in [0.717, 1.165) is 16.7 Å². The lowest BCUT2D eigenvalue weighted by atomic mass is 10.1. The van der Waals surface area contributed by atoms with E-state index in [4.69, 9.17) is 18.9 Å². The number of esters is 1. The summed E-state index contributed by atoms with van der Waals surface area (Å²) in [5.41, 5.74) is 0.586. The highest BCUT2D eigenvalue weighted by Crippen LogP contribution is 2.40. The third kappa shape index (κ3) is 4.98. The average molecular weight is 409 g/mol. The van der Waals surface area contributed by atoms with Crippen LogP contribution in [0, 0.1) is 5.92 Å². The topological polar surface area (TPSA) is 91.4 Å². The number of amides is 2. The molecule has 1 saturated heterocycles. The molecule has 0 aromatic heterocycles. The van der Waals surface area contributed by atoms with Crippen molar-refractivity contribution >= 4 is 35.0 Å². The first-order valence-corrected chi connectivity index (χ1v) is 9.33. The number of ether oxygens (including phenoxy) is 4. The van der Waals surface area contributed by atoms with Crippen molar-refractivity contribution in [3.63, 3.8) is 0 Å². The van der Waals surface area contributed by atoms with Crippen LogP contribution >= 0.6 is 11.8 Å². The Hall–Kier alpha value is -2.68. The van der Waals surface area contributed by atoms with Gasteiger partial charge in [0.15, 0.2) is 11.5 Å². The highest BCUT2D eigenvalue weighted by atomic mass is 32.2. The Kier molecular flexibility index (Phi) is 7.33. The molecule has 0 radical (unpaired) electrons. The van der Waals surface area contributed by atoms with E-state index in [1.807, 2.05) is 13.8 Å². The molecule has 152 valence electrons. The van der Waals surface area contributed by atoms with E-state index in [1.54, 1.807) is 12.1 Å². The van der Waals surface area contributed by atoms with E-state index >= 15 is 0 Å². The highest BCUT2D eigenvalue weighted by Gasteiger charge is 2.36. The smallest absolute Gasteiger partial charge is 0.326 e. The minimum Gasteiger partial charge on any atom is -0.493 e. The Labute approximate surface area is 167 Å². The first kappa shape index (κ1) is 21.6. The summed E-state index contributed by atoms with van der Waals surface area (Å²) in [6.07, 6.45) is 1.54. The monoisotopic (exact) mass is 409 g/mol. The number of imide groups is 1. The zero-order valence-corrected chi connectivity index (χ0v) is 17.3. The summed E-state index contributed by atoms with van der Waals surface area (Å²) in [5, 5.41) is -0.523. The van der Waals surface area contributed by atoms with Gasteiger partial charge >= 0.3 is 5.97 Å². The predicted molar refractivity (Wildman–Crippen MR) is 105 cm³/mol. The second-order valence-electron chi connectivity index (χ2n) is 6.30. The van der Waals surface area contributed by atoms with E-state index in [9.17, 15) is 14.4 Å². The lowest BCUT2D eigenvalue weighted by Crippen LogP contribution is -2.34. The molecule has 1 aromatic rings. The summed E-state index contributed by atoms with van der Waals surface area (Å²) in [4.78, 5) is 37.6. The van der Waals surface area contributed by atoms with Gasteiger partial charge in [0.2, 0.25) is 5.75 Å². The van der Waals surface area contributed by atoms with Gasteiger partial charge in [-0.1, -0.05) is 13.8 Å². The Bertz CT molecular complexity index is 778. The van der Waals surface area contributed by atoms with Gasteiger partial charge in [-0.3, -0.25) is 19.3 Å². The van der Waals surface area contributed by atoms with Crippen LogP contribution in [-0.4, -0.2) is 56.5 Å². The molecule has 0 N–H and O–H groups in total. The molecule has 0 spiro atoms. The van der Waals surface area contributed by atoms with Crippen LogP contribution in [0.1, 0.15) is 19.4 Å². The molecule has 0 atom stereocenters. The van der Waals surface area contributed by atoms with Crippen molar-refractivity contribution < 1.29 is 33.3 Å². The lowest BCUT2D eigenvalue weighted by Gasteiger charge is -2.13. The number of rotatable bonds is 8. The van der Waals surface area contributed by atoms with E-state index in [1.165, 1.54) is 27.4 Å². The molecule has 0 aliphatic carbocycles. The van der Waals surface area contributed by atoms with Gasteiger partial charge in [0.05, 0.1) is 32.8 Å². The number of benzene rings is 1. The van der Waals surface area contributed by atoms with Crippen molar-refractivity contribution in [3.05, 3.63) is 22.6 Å². The average Bonchev–Trinajstić information content (AvgIpc) is 2.92. The van der Waals surface area contributed by atoms with Crippen LogP contribution in [0.2, 0.25) is 0 Å². The molecule has 0 saturated carbocycles. The Morgan fingerprint density at radius 2 is 1.71 bits per heavy atom. The highest BCUT2D eigenvalue weighted by molar-refractivity contribution is 8.18. The quantitative estimate of drug-likeness (QED) is 0.478. The van der Waals surface area contributed by atoms with Crippen molar-refractivity contribution in [2.24, 2.45) is 5.92 Å². The molecule has 2 amide bonds. The minimum absolute atomic E-state index is 0.166. The van der Waals surface area contributed by atoms with E-state index in [2.05, 4.69) is 0 Å². The molecular weight excluding hydrogens is 386 g/mol. The number of hydrogen-bond donors (Lipinski definition) is 0. The fourth-order valence-corrected chi connectivity index (χ4v) is 3.25. The van der Waals surface area contributed by atoms with Gasteiger partial charge in [-0.25, -0.2) is 0 Å². The van der Waals surface area contributed by atoms with Crippen molar-refractivity contribution in [3.8, 4) is 17.2 Å². The molecule has 1 fully saturated rings. The minimum atomic E-state index is -0.620. The molecular formula is C19H23NO7S. The maximum atomic E-state index is 12.5. The van der Waals surface area contributed by atoms with Crippen LogP contribution in [0.5, 0.6) is 17.2 Å². The summed E-state index contributed by atoms with van der Waals surface area (Å²) in [6, 6.07) is 3.32. The third-order valence-corrected chi connectivity index (χ3v) is 4.63. The van der Waals surface area contributed by atoms with Crippen molar-refractivity contribution in [2.45, 2.75) is 13.8 Å². The van der Waals surface area contributed by atoms with Crippen molar-refractivity contribution in [1.29, 1.82) is 0 Å². The molecule has 0 bridgehead atoms. The zero-order chi connectivity index (χ0) is 20.8. The largest absolute Gasteiger partial charge is 0.493 e. The van der Waals surface area contributed by atoms with Gasteiger partial charge in [0, 0.05) is 0 Å². The summed E-state index contributed by atoms with van der Waals surface area (Å²) in [6.45, 7) is 3.61. The number of thioether (sulfide) groups is 1. The van der Waals surface area contributed by atoms with Crippen molar-refractivity contribution in [1.82, 2.24) is 4.90 Å². The Morgan fingerprint density at radius 3 is 2.21 bits per heavy atom. The Morgan fingerprint density at radius 1 is 1.11 bits per heavy atom. The predicted octanol–water partition coefficient (Wildman–Crippen LogP) is 2.95. The van der Waals surface area contributed by atoms with Gasteiger partial charge in [0.1, 0.15) is 6.54 Å². The zero-order valence-electron chi connectivity index (χ0n) is 16.4. The van der Waals surface area contributed by atoms with E-state index in [-0.39, 0.29) is 17.4 Å². The molecule has 1 aliphatic heterocycles. The maximum absolute atomic E-state index is 12.5. The van der Waals surface area contributed by atoms with E-state index < -0.39 is 23.7 Å².